The smallest absolute Gasteiger partial charge is 0.263 e. The van der Waals surface area contributed by atoms with Crippen molar-refractivity contribution in [3.8, 4) is 0 Å². The van der Waals surface area contributed by atoms with Gasteiger partial charge in [-0.1, -0.05) is 54.1 Å². The SMILES string of the molecule is Cc1c(Cl)cccc1S(=O)(=O)Nc1ccc(Cc2ccccc2)cn1. The van der Waals surface area contributed by atoms with E-state index < -0.39 is 10.0 Å². The third-order valence-corrected chi connectivity index (χ3v) is 5.73. The molecule has 0 saturated carbocycles. The Bertz CT molecular complexity index is 972. The molecule has 0 unspecified atom stereocenters. The van der Waals surface area contributed by atoms with E-state index in [1.54, 1.807) is 31.3 Å². The van der Waals surface area contributed by atoms with Gasteiger partial charge in [0, 0.05) is 11.2 Å². The highest BCUT2D eigenvalue weighted by atomic mass is 35.5. The normalized spacial score (nSPS) is 11.3. The van der Waals surface area contributed by atoms with Gasteiger partial charge in [0.25, 0.3) is 10.0 Å². The molecule has 3 rings (SSSR count). The Hall–Kier alpha value is -2.37. The maximum absolute atomic E-state index is 12.5. The van der Waals surface area contributed by atoms with Gasteiger partial charge in [0.2, 0.25) is 0 Å². The van der Waals surface area contributed by atoms with E-state index in [0.29, 0.717) is 10.6 Å². The number of sulfonamides is 1. The molecule has 0 radical (unpaired) electrons. The van der Waals surface area contributed by atoms with Crippen molar-refractivity contribution >= 4 is 27.4 Å². The highest BCUT2D eigenvalue weighted by molar-refractivity contribution is 7.92. The highest BCUT2D eigenvalue weighted by Crippen LogP contribution is 2.24. The minimum atomic E-state index is -3.74. The standard InChI is InChI=1S/C19H17ClN2O2S/c1-14-17(20)8-5-9-18(14)25(23,24)22-19-11-10-16(13-21-19)12-15-6-3-2-4-7-15/h2-11,13H,12H2,1H3,(H,21,22). The average Bonchev–Trinajstić information content (AvgIpc) is 2.59. The Morgan fingerprint density at radius 3 is 2.40 bits per heavy atom. The number of hydrogen-bond donors (Lipinski definition) is 1. The van der Waals surface area contributed by atoms with Crippen molar-refractivity contribution in [2.45, 2.75) is 18.2 Å². The Labute approximate surface area is 152 Å². The van der Waals surface area contributed by atoms with E-state index in [1.165, 1.54) is 11.6 Å². The fourth-order valence-corrected chi connectivity index (χ4v) is 4.00. The monoisotopic (exact) mass is 372 g/mol. The lowest BCUT2D eigenvalue weighted by atomic mass is 10.1. The predicted octanol–water partition coefficient (Wildman–Crippen LogP) is 4.44. The Kier molecular flexibility index (Phi) is 5.06. The summed E-state index contributed by atoms with van der Waals surface area (Å²) >= 11 is 6.01. The summed E-state index contributed by atoms with van der Waals surface area (Å²) in [7, 11) is -3.74. The van der Waals surface area contributed by atoms with Crippen molar-refractivity contribution in [1.29, 1.82) is 0 Å². The van der Waals surface area contributed by atoms with Crippen LogP contribution in [0.3, 0.4) is 0 Å². The number of hydrogen-bond acceptors (Lipinski definition) is 3. The molecule has 1 aromatic heterocycles. The van der Waals surface area contributed by atoms with Crippen molar-refractivity contribution in [2.75, 3.05) is 4.72 Å². The van der Waals surface area contributed by atoms with Crippen molar-refractivity contribution < 1.29 is 8.42 Å². The number of nitrogens with one attached hydrogen (secondary N) is 1. The van der Waals surface area contributed by atoms with Gasteiger partial charge in [-0.05, 0) is 48.2 Å². The number of pyridine rings is 1. The minimum Gasteiger partial charge on any atom is -0.263 e. The molecule has 1 N–H and O–H groups in total. The number of benzene rings is 2. The minimum absolute atomic E-state index is 0.148. The average molecular weight is 373 g/mol. The lowest BCUT2D eigenvalue weighted by Gasteiger charge is -2.11. The van der Waals surface area contributed by atoms with Crippen LogP contribution in [0.4, 0.5) is 5.82 Å². The Morgan fingerprint density at radius 2 is 1.72 bits per heavy atom. The van der Waals surface area contributed by atoms with Gasteiger partial charge in [-0.3, -0.25) is 4.72 Å². The molecule has 0 aliphatic heterocycles. The quantitative estimate of drug-likeness (QED) is 0.720. The van der Waals surface area contributed by atoms with E-state index in [9.17, 15) is 8.42 Å². The Morgan fingerprint density at radius 1 is 0.960 bits per heavy atom. The molecule has 3 aromatic rings. The van der Waals surface area contributed by atoms with E-state index in [4.69, 9.17) is 11.6 Å². The van der Waals surface area contributed by atoms with E-state index in [0.717, 1.165) is 12.0 Å². The van der Waals surface area contributed by atoms with E-state index in [-0.39, 0.29) is 10.7 Å². The number of rotatable bonds is 5. The van der Waals surface area contributed by atoms with Gasteiger partial charge in [-0.25, -0.2) is 13.4 Å². The van der Waals surface area contributed by atoms with Crippen LogP contribution in [0.5, 0.6) is 0 Å². The molecule has 0 saturated heterocycles. The van der Waals surface area contributed by atoms with Gasteiger partial charge < -0.3 is 0 Å². The summed E-state index contributed by atoms with van der Waals surface area (Å²) in [6, 6.07) is 18.3. The molecule has 0 spiro atoms. The fourth-order valence-electron chi connectivity index (χ4n) is 2.49. The van der Waals surface area contributed by atoms with Gasteiger partial charge in [0.15, 0.2) is 0 Å². The molecule has 25 heavy (non-hydrogen) atoms. The fraction of sp³-hybridized carbons (Fsp3) is 0.105. The van der Waals surface area contributed by atoms with Crippen LogP contribution in [0.15, 0.2) is 71.8 Å². The number of aromatic nitrogens is 1. The lowest BCUT2D eigenvalue weighted by Crippen LogP contribution is -2.15. The van der Waals surface area contributed by atoms with Crippen LogP contribution < -0.4 is 4.72 Å². The summed E-state index contributed by atoms with van der Waals surface area (Å²) < 4.78 is 27.6. The number of anilines is 1. The van der Waals surface area contributed by atoms with Gasteiger partial charge in [0.05, 0.1) is 4.90 Å². The first-order valence-corrected chi connectivity index (χ1v) is 9.58. The molecule has 0 aliphatic rings. The summed E-state index contributed by atoms with van der Waals surface area (Å²) in [5, 5.41) is 0.411. The molecular formula is C19H17ClN2O2S. The third kappa shape index (κ3) is 4.18. The van der Waals surface area contributed by atoms with Crippen molar-refractivity contribution in [1.82, 2.24) is 4.98 Å². The largest absolute Gasteiger partial charge is 0.263 e. The van der Waals surface area contributed by atoms with Crippen LogP contribution in [0.2, 0.25) is 5.02 Å². The highest BCUT2D eigenvalue weighted by Gasteiger charge is 2.18. The van der Waals surface area contributed by atoms with Crippen LogP contribution in [0.25, 0.3) is 0 Å². The molecule has 2 aromatic carbocycles. The van der Waals surface area contributed by atoms with Crippen molar-refractivity contribution in [2.24, 2.45) is 0 Å². The van der Waals surface area contributed by atoms with Gasteiger partial charge in [-0.15, -0.1) is 0 Å². The summed E-state index contributed by atoms with van der Waals surface area (Å²) in [4.78, 5) is 4.36. The van der Waals surface area contributed by atoms with Gasteiger partial charge in [0.1, 0.15) is 5.82 Å². The summed E-state index contributed by atoms with van der Waals surface area (Å²) in [5.41, 5.74) is 2.69. The summed E-state index contributed by atoms with van der Waals surface area (Å²) in [6.07, 6.45) is 2.42. The van der Waals surface area contributed by atoms with Crippen molar-refractivity contribution in [3.05, 3.63) is 88.6 Å². The number of halogens is 1. The first-order valence-electron chi connectivity index (χ1n) is 7.72. The maximum Gasteiger partial charge on any atom is 0.263 e. The van der Waals surface area contributed by atoms with Gasteiger partial charge in [-0.2, -0.15) is 0 Å². The first kappa shape index (κ1) is 17.5. The molecule has 128 valence electrons. The molecule has 0 fully saturated rings. The first-order chi connectivity index (χ1) is 12.0. The second-order valence-corrected chi connectivity index (χ2v) is 7.74. The number of nitrogens with zero attached hydrogens (tertiary/aromatic N) is 1. The molecule has 0 amide bonds. The molecule has 1 heterocycles. The van der Waals surface area contributed by atoms with Gasteiger partial charge >= 0.3 is 0 Å². The zero-order valence-electron chi connectivity index (χ0n) is 13.6. The molecule has 6 heteroatoms. The molecular weight excluding hydrogens is 356 g/mol. The zero-order valence-corrected chi connectivity index (χ0v) is 15.2. The summed E-state index contributed by atoms with van der Waals surface area (Å²) in [6.45, 7) is 1.67. The van der Waals surface area contributed by atoms with Crippen LogP contribution in [-0.4, -0.2) is 13.4 Å². The van der Waals surface area contributed by atoms with E-state index >= 15 is 0 Å². The maximum atomic E-state index is 12.5. The van der Waals surface area contributed by atoms with Crippen LogP contribution >= 0.6 is 11.6 Å². The van der Waals surface area contributed by atoms with E-state index in [1.807, 2.05) is 36.4 Å². The van der Waals surface area contributed by atoms with Crippen molar-refractivity contribution in [3.63, 3.8) is 0 Å². The second kappa shape index (κ2) is 7.25. The Balaban J connectivity index is 1.78. The summed E-state index contributed by atoms with van der Waals surface area (Å²) in [5.74, 6) is 0.274. The van der Waals surface area contributed by atoms with E-state index in [2.05, 4.69) is 9.71 Å². The molecule has 0 atom stereocenters. The predicted molar refractivity (Wildman–Crippen MR) is 100 cm³/mol. The molecule has 4 nitrogen and oxygen atoms in total. The van der Waals surface area contributed by atoms with Crippen LogP contribution in [0.1, 0.15) is 16.7 Å². The second-order valence-electron chi connectivity index (χ2n) is 5.68. The molecule has 0 bridgehead atoms. The lowest BCUT2D eigenvalue weighted by molar-refractivity contribution is 0.600. The topological polar surface area (TPSA) is 59.1 Å². The molecule has 0 aliphatic carbocycles. The third-order valence-electron chi connectivity index (χ3n) is 3.82. The van der Waals surface area contributed by atoms with Crippen LogP contribution in [0, 0.1) is 6.92 Å². The zero-order chi connectivity index (χ0) is 17.9. The van der Waals surface area contributed by atoms with Crippen LogP contribution in [-0.2, 0) is 16.4 Å².